The van der Waals surface area contributed by atoms with Gasteiger partial charge in [-0.25, -0.2) is 4.79 Å². The van der Waals surface area contributed by atoms with E-state index in [-0.39, 0.29) is 12.1 Å². The fourth-order valence-electron chi connectivity index (χ4n) is 6.28. The molecule has 3 heteroatoms. The molecule has 0 spiro atoms. The lowest BCUT2D eigenvalue weighted by Crippen LogP contribution is -2.57. The maximum atomic E-state index is 12.2. The molecule has 0 aromatic carbocycles. The fraction of sp³-hybridized carbons (Fsp3) is 0.906. The van der Waals surface area contributed by atoms with E-state index in [1.165, 1.54) is 135 Å². The number of carbonyl (C=O) groups is 1. The molecular formula is C32H62NO2+. The number of hydrogen-bond acceptors (Lipinski definition) is 2. The van der Waals surface area contributed by atoms with Crippen molar-refractivity contribution in [2.24, 2.45) is 5.92 Å². The Morgan fingerprint density at radius 3 is 1.86 bits per heavy atom. The molecule has 1 aliphatic rings. The SMILES string of the molecule is C=CC(=O)OC1CCCCCCCCCC1[N+](C)(C)CC(C)CCCCCCCCCCCCC. The second-order valence-electron chi connectivity index (χ2n) is 12.2. The summed E-state index contributed by atoms with van der Waals surface area (Å²) in [4.78, 5) is 12.2. The van der Waals surface area contributed by atoms with Gasteiger partial charge in [-0.15, -0.1) is 0 Å². The van der Waals surface area contributed by atoms with Gasteiger partial charge in [0.15, 0.2) is 6.10 Å². The van der Waals surface area contributed by atoms with E-state index in [1.807, 2.05) is 0 Å². The Morgan fingerprint density at radius 2 is 1.31 bits per heavy atom. The van der Waals surface area contributed by atoms with Crippen LogP contribution in [0.25, 0.3) is 0 Å². The maximum Gasteiger partial charge on any atom is 0.330 e. The highest BCUT2D eigenvalue weighted by Gasteiger charge is 2.38. The van der Waals surface area contributed by atoms with Gasteiger partial charge in [0, 0.05) is 18.4 Å². The summed E-state index contributed by atoms with van der Waals surface area (Å²) in [5.74, 6) is 0.460. The molecule has 3 atom stereocenters. The predicted molar refractivity (Wildman–Crippen MR) is 153 cm³/mol. The molecular weight excluding hydrogens is 430 g/mol. The van der Waals surface area contributed by atoms with Crippen molar-refractivity contribution in [1.29, 1.82) is 0 Å². The van der Waals surface area contributed by atoms with Crippen molar-refractivity contribution in [1.82, 2.24) is 0 Å². The third-order valence-corrected chi connectivity index (χ3v) is 8.33. The summed E-state index contributed by atoms with van der Waals surface area (Å²) in [6.45, 7) is 9.55. The van der Waals surface area contributed by atoms with Gasteiger partial charge in [0.05, 0.1) is 20.6 Å². The van der Waals surface area contributed by atoms with Crippen LogP contribution in [0.4, 0.5) is 0 Å². The Hall–Kier alpha value is -0.830. The number of nitrogens with zero attached hydrogens (tertiary/aromatic N) is 1. The molecule has 0 heterocycles. The first kappa shape index (κ1) is 32.2. The first-order valence-corrected chi connectivity index (χ1v) is 15.6. The van der Waals surface area contributed by atoms with Gasteiger partial charge in [0.2, 0.25) is 0 Å². The second-order valence-corrected chi connectivity index (χ2v) is 12.2. The number of carbonyl (C=O) groups excluding carboxylic acids is 1. The van der Waals surface area contributed by atoms with Crippen LogP contribution in [0, 0.1) is 5.92 Å². The third-order valence-electron chi connectivity index (χ3n) is 8.33. The molecule has 35 heavy (non-hydrogen) atoms. The van der Waals surface area contributed by atoms with Crippen molar-refractivity contribution in [2.75, 3.05) is 20.6 Å². The molecule has 206 valence electrons. The zero-order valence-corrected chi connectivity index (χ0v) is 24.3. The van der Waals surface area contributed by atoms with Crippen molar-refractivity contribution in [2.45, 2.75) is 161 Å². The molecule has 0 radical (unpaired) electrons. The maximum absolute atomic E-state index is 12.2. The molecule has 0 amide bonds. The van der Waals surface area contributed by atoms with Crippen LogP contribution >= 0.6 is 0 Å². The molecule has 0 aliphatic heterocycles. The van der Waals surface area contributed by atoms with Crippen LogP contribution in [-0.4, -0.2) is 43.2 Å². The van der Waals surface area contributed by atoms with Crippen molar-refractivity contribution >= 4 is 5.97 Å². The number of rotatable bonds is 17. The highest BCUT2D eigenvalue weighted by atomic mass is 16.5. The Labute approximate surface area is 220 Å². The molecule has 1 aliphatic carbocycles. The standard InChI is InChI=1S/C32H62NO2/c1-6-8-9-10-11-12-13-14-16-19-22-25-29(3)28-33(4,5)30-26-23-20-17-15-18-21-24-27-31(30)35-32(34)7-2/h7,29-31H,2,6,8-28H2,1,3-5H3/q+1. The van der Waals surface area contributed by atoms with Crippen LogP contribution in [0.2, 0.25) is 0 Å². The number of likely N-dealkylation sites (N-methyl/N-ethyl adjacent to an activating group) is 1. The number of quaternary nitrogens is 1. The molecule has 1 saturated carbocycles. The molecule has 3 nitrogen and oxygen atoms in total. The second kappa shape index (κ2) is 20.3. The van der Waals surface area contributed by atoms with E-state index in [0.717, 1.165) is 17.3 Å². The van der Waals surface area contributed by atoms with Crippen molar-refractivity contribution in [3.05, 3.63) is 12.7 Å². The molecule has 0 bridgehead atoms. The molecule has 0 aromatic rings. The van der Waals surface area contributed by atoms with E-state index in [0.29, 0.717) is 12.0 Å². The number of ether oxygens (including phenoxy) is 1. The van der Waals surface area contributed by atoms with E-state index in [2.05, 4.69) is 34.5 Å². The zero-order chi connectivity index (χ0) is 25.8. The Morgan fingerprint density at radius 1 is 0.829 bits per heavy atom. The van der Waals surface area contributed by atoms with Crippen LogP contribution in [0.1, 0.15) is 149 Å². The summed E-state index contributed by atoms with van der Waals surface area (Å²) >= 11 is 0. The molecule has 0 aromatic heterocycles. The van der Waals surface area contributed by atoms with Crippen LogP contribution in [0.15, 0.2) is 12.7 Å². The number of esters is 1. The van der Waals surface area contributed by atoms with E-state index >= 15 is 0 Å². The monoisotopic (exact) mass is 492 g/mol. The fourth-order valence-corrected chi connectivity index (χ4v) is 6.28. The quantitative estimate of drug-likeness (QED) is 0.0874. The van der Waals surface area contributed by atoms with Gasteiger partial charge >= 0.3 is 5.97 Å². The van der Waals surface area contributed by atoms with Gasteiger partial charge in [0.1, 0.15) is 6.04 Å². The molecule has 1 fully saturated rings. The first-order valence-electron chi connectivity index (χ1n) is 15.6. The van der Waals surface area contributed by atoms with Gasteiger partial charge in [-0.1, -0.05) is 123 Å². The molecule has 0 saturated heterocycles. The highest BCUT2D eigenvalue weighted by Crippen LogP contribution is 2.28. The lowest BCUT2D eigenvalue weighted by Gasteiger charge is -2.43. The average molecular weight is 493 g/mol. The summed E-state index contributed by atoms with van der Waals surface area (Å²) in [7, 11) is 4.77. The van der Waals surface area contributed by atoms with Crippen LogP contribution < -0.4 is 0 Å². The summed E-state index contributed by atoms with van der Waals surface area (Å²) in [5.41, 5.74) is 0. The minimum Gasteiger partial charge on any atom is -0.453 e. The smallest absolute Gasteiger partial charge is 0.330 e. The van der Waals surface area contributed by atoms with Crippen LogP contribution in [0.3, 0.4) is 0 Å². The largest absolute Gasteiger partial charge is 0.453 e. The molecule has 1 rings (SSSR count). The first-order chi connectivity index (χ1) is 16.9. The van der Waals surface area contributed by atoms with Gasteiger partial charge < -0.3 is 9.22 Å². The van der Waals surface area contributed by atoms with Crippen molar-refractivity contribution in [3.63, 3.8) is 0 Å². The lowest BCUT2D eigenvalue weighted by molar-refractivity contribution is -0.921. The minimum atomic E-state index is -0.246. The Bertz CT molecular complexity index is 530. The minimum absolute atomic E-state index is 0.0165. The van der Waals surface area contributed by atoms with Crippen LogP contribution in [0.5, 0.6) is 0 Å². The highest BCUT2D eigenvalue weighted by molar-refractivity contribution is 5.81. The van der Waals surface area contributed by atoms with E-state index < -0.39 is 0 Å². The van der Waals surface area contributed by atoms with Gasteiger partial charge in [-0.05, 0) is 25.7 Å². The van der Waals surface area contributed by atoms with Gasteiger partial charge in [-0.2, -0.15) is 0 Å². The zero-order valence-electron chi connectivity index (χ0n) is 24.3. The summed E-state index contributed by atoms with van der Waals surface area (Å²) in [6.07, 6.45) is 29.4. The normalized spacial score (nSPS) is 21.1. The van der Waals surface area contributed by atoms with Gasteiger partial charge in [0.25, 0.3) is 0 Å². The summed E-state index contributed by atoms with van der Waals surface area (Å²) in [6, 6.07) is 0.386. The summed E-state index contributed by atoms with van der Waals surface area (Å²) < 4.78 is 6.96. The number of hydrogen-bond donors (Lipinski definition) is 0. The van der Waals surface area contributed by atoms with Crippen molar-refractivity contribution < 1.29 is 14.0 Å². The summed E-state index contributed by atoms with van der Waals surface area (Å²) in [5, 5.41) is 0. The average Bonchev–Trinajstić information content (AvgIpc) is 2.87. The third kappa shape index (κ3) is 15.8. The van der Waals surface area contributed by atoms with E-state index in [4.69, 9.17) is 4.74 Å². The predicted octanol–water partition coefficient (Wildman–Crippen LogP) is 9.39. The van der Waals surface area contributed by atoms with Gasteiger partial charge in [-0.3, -0.25) is 0 Å². The Kier molecular flexibility index (Phi) is 18.6. The lowest BCUT2D eigenvalue weighted by atomic mass is 9.93. The topological polar surface area (TPSA) is 26.3 Å². The van der Waals surface area contributed by atoms with E-state index in [9.17, 15) is 4.79 Å². The Balaban J connectivity index is 2.45. The van der Waals surface area contributed by atoms with Crippen molar-refractivity contribution in [3.8, 4) is 0 Å². The molecule has 0 N–H and O–H groups in total. The number of unbranched alkanes of at least 4 members (excludes halogenated alkanes) is 10. The van der Waals surface area contributed by atoms with Crippen LogP contribution in [-0.2, 0) is 9.53 Å². The van der Waals surface area contributed by atoms with E-state index in [1.54, 1.807) is 0 Å². The molecule has 3 unspecified atom stereocenters.